The largest absolute Gasteiger partial charge is 0.508 e. The molecule has 0 saturated carbocycles. The number of hydrogen-bond acceptors (Lipinski definition) is 2. The standard InChI is InChI=1S/C11H14O2/c12-7-8-3-1-5-10-9(8)4-2-6-11(10)13/h2,4,6,8,12-13H,1,3,5,7H2. The number of benzene rings is 1. The highest BCUT2D eigenvalue weighted by atomic mass is 16.3. The molecule has 0 spiro atoms. The highest BCUT2D eigenvalue weighted by Gasteiger charge is 2.20. The topological polar surface area (TPSA) is 40.5 Å². The van der Waals surface area contributed by atoms with E-state index in [9.17, 15) is 5.11 Å². The molecule has 0 fully saturated rings. The fourth-order valence-corrected chi connectivity index (χ4v) is 2.12. The SMILES string of the molecule is OCC1CCCc2c(O)cccc21. The molecule has 2 rings (SSSR count). The van der Waals surface area contributed by atoms with Crippen LogP contribution in [-0.4, -0.2) is 16.8 Å². The van der Waals surface area contributed by atoms with Gasteiger partial charge in [-0.25, -0.2) is 0 Å². The van der Waals surface area contributed by atoms with E-state index < -0.39 is 0 Å². The molecule has 0 aliphatic heterocycles. The molecule has 1 atom stereocenters. The summed E-state index contributed by atoms with van der Waals surface area (Å²) >= 11 is 0. The summed E-state index contributed by atoms with van der Waals surface area (Å²) in [4.78, 5) is 0. The van der Waals surface area contributed by atoms with Gasteiger partial charge in [-0.2, -0.15) is 0 Å². The molecular formula is C11H14O2. The molecule has 2 N–H and O–H groups in total. The predicted molar refractivity (Wildman–Crippen MR) is 50.9 cm³/mol. The number of aliphatic hydroxyl groups excluding tert-OH is 1. The first kappa shape index (κ1) is 8.57. The molecule has 0 heterocycles. The van der Waals surface area contributed by atoms with E-state index in [1.54, 1.807) is 6.07 Å². The predicted octanol–water partition coefficient (Wildman–Crippen LogP) is 1.80. The summed E-state index contributed by atoms with van der Waals surface area (Å²) in [7, 11) is 0. The fourth-order valence-electron chi connectivity index (χ4n) is 2.12. The molecule has 0 saturated heterocycles. The van der Waals surface area contributed by atoms with Crippen LogP contribution in [0, 0.1) is 0 Å². The van der Waals surface area contributed by atoms with Crippen molar-refractivity contribution in [3.63, 3.8) is 0 Å². The minimum Gasteiger partial charge on any atom is -0.508 e. The number of phenols is 1. The maximum atomic E-state index is 9.59. The maximum absolute atomic E-state index is 9.59. The number of hydrogen-bond donors (Lipinski definition) is 2. The zero-order valence-electron chi connectivity index (χ0n) is 7.53. The third kappa shape index (κ3) is 1.42. The van der Waals surface area contributed by atoms with E-state index >= 15 is 0 Å². The molecule has 2 nitrogen and oxygen atoms in total. The summed E-state index contributed by atoms with van der Waals surface area (Å²) in [5.41, 5.74) is 2.17. The Balaban J connectivity index is 2.45. The number of fused-ring (bicyclic) bond motifs is 1. The Morgan fingerprint density at radius 2 is 2.23 bits per heavy atom. The average Bonchev–Trinajstić information content (AvgIpc) is 2.18. The van der Waals surface area contributed by atoms with Crippen molar-refractivity contribution >= 4 is 0 Å². The van der Waals surface area contributed by atoms with Gasteiger partial charge in [-0.15, -0.1) is 0 Å². The van der Waals surface area contributed by atoms with Crippen LogP contribution in [0.3, 0.4) is 0 Å². The lowest BCUT2D eigenvalue weighted by atomic mass is 9.83. The van der Waals surface area contributed by atoms with Gasteiger partial charge in [0.15, 0.2) is 0 Å². The first-order chi connectivity index (χ1) is 6.33. The summed E-state index contributed by atoms with van der Waals surface area (Å²) in [6.45, 7) is 0.191. The Labute approximate surface area is 77.8 Å². The van der Waals surface area contributed by atoms with Gasteiger partial charge in [0.1, 0.15) is 5.75 Å². The van der Waals surface area contributed by atoms with Gasteiger partial charge in [-0.05, 0) is 36.5 Å². The first-order valence-electron chi connectivity index (χ1n) is 4.74. The van der Waals surface area contributed by atoms with Crippen molar-refractivity contribution in [2.75, 3.05) is 6.61 Å². The Morgan fingerprint density at radius 3 is 3.00 bits per heavy atom. The van der Waals surface area contributed by atoms with Gasteiger partial charge in [-0.1, -0.05) is 12.1 Å². The Hall–Kier alpha value is -1.02. The Bertz CT molecular complexity index is 307. The lowest BCUT2D eigenvalue weighted by molar-refractivity contribution is 0.252. The molecule has 1 aliphatic rings. The highest BCUT2D eigenvalue weighted by Crippen LogP contribution is 2.35. The number of phenolic OH excluding ortho intramolecular Hbond substituents is 1. The summed E-state index contributed by atoms with van der Waals surface area (Å²) in [5.74, 6) is 0.617. The molecular weight excluding hydrogens is 164 g/mol. The zero-order valence-corrected chi connectivity index (χ0v) is 7.53. The second-order valence-corrected chi connectivity index (χ2v) is 3.62. The molecule has 2 heteroatoms. The smallest absolute Gasteiger partial charge is 0.119 e. The van der Waals surface area contributed by atoms with Gasteiger partial charge in [-0.3, -0.25) is 0 Å². The van der Waals surface area contributed by atoms with E-state index in [1.165, 1.54) is 0 Å². The van der Waals surface area contributed by atoms with Crippen LogP contribution in [0.25, 0.3) is 0 Å². The van der Waals surface area contributed by atoms with Crippen molar-refractivity contribution in [1.29, 1.82) is 0 Å². The maximum Gasteiger partial charge on any atom is 0.119 e. The summed E-state index contributed by atoms with van der Waals surface area (Å²) in [6.07, 6.45) is 3.04. The van der Waals surface area contributed by atoms with Gasteiger partial charge in [0.2, 0.25) is 0 Å². The molecule has 0 radical (unpaired) electrons. The van der Waals surface area contributed by atoms with Crippen LogP contribution >= 0.6 is 0 Å². The van der Waals surface area contributed by atoms with Crippen molar-refractivity contribution in [2.45, 2.75) is 25.2 Å². The van der Waals surface area contributed by atoms with Crippen LogP contribution < -0.4 is 0 Å². The lowest BCUT2D eigenvalue weighted by Gasteiger charge is -2.24. The minimum atomic E-state index is 0.191. The van der Waals surface area contributed by atoms with Crippen LogP contribution in [0.4, 0.5) is 0 Å². The van der Waals surface area contributed by atoms with Crippen molar-refractivity contribution in [3.8, 4) is 5.75 Å². The zero-order chi connectivity index (χ0) is 9.26. The fraction of sp³-hybridized carbons (Fsp3) is 0.455. The van der Waals surface area contributed by atoms with E-state index in [-0.39, 0.29) is 12.5 Å². The summed E-state index contributed by atoms with van der Waals surface area (Å²) in [6, 6.07) is 5.58. The van der Waals surface area contributed by atoms with E-state index in [0.717, 1.165) is 30.4 Å². The van der Waals surface area contributed by atoms with Crippen molar-refractivity contribution in [3.05, 3.63) is 29.3 Å². The monoisotopic (exact) mass is 178 g/mol. The van der Waals surface area contributed by atoms with E-state index in [1.807, 2.05) is 12.1 Å². The molecule has 0 aromatic heterocycles. The highest BCUT2D eigenvalue weighted by molar-refractivity contribution is 5.42. The third-order valence-corrected chi connectivity index (χ3v) is 2.83. The first-order valence-corrected chi connectivity index (χ1v) is 4.74. The Morgan fingerprint density at radius 1 is 1.38 bits per heavy atom. The third-order valence-electron chi connectivity index (χ3n) is 2.83. The normalized spacial score (nSPS) is 21.2. The van der Waals surface area contributed by atoms with Crippen LogP contribution in [0.5, 0.6) is 5.75 Å². The number of rotatable bonds is 1. The van der Waals surface area contributed by atoms with Crippen LogP contribution in [0.2, 0.25) is 0 Å². The second-order valence-electron chi connectivity index (χ2n) is 3.62. The van der Waals surface area contributed by atoms with Crippen molar-refractivity contribution in [2.24, 2.45) is 0 Å². The van der Waals surface area contributed by atoms with Crippen molar-refractivity contribution < 1.29 is 10.2 Å². The molecule has 0 bridgehead atoms. The van der Waals surface area contributed by atoms with E-state index in [4.69, 9.17) is 5.11 Å². The summed E-state index contributed by atoms with van der Waals surface area (Å²) < 4.78 is 0. The van der Waals surface area contributed by atoms with Gasteiger partial charge in [0.05, 0.1) is 0 Å². The average molecular weight is 178 g/mol. The van der Waals surface area contributed by atoms with Crippen LogP contribution in [0.1, 0.15) is 29.9 Å². The van der Waals surface area contributed by atoms with Gasteiger partial charge >= 0.3 is 0 Å². The molecule has 0 amide bonds. The quantitative estimate of drug-likeness (QED) is 0.688. The Kier molecular flexibility index (Phi) is 2.23. The molecule has 70 valence electrons. The molecule has 1 aromatic carbocycles. The number of aliphatic hydroxyl groups is 1. The molecule has 1 aromatic rings. The van der Waals surface area contributed by atoms with Gasteiger partial charge in [0.25, 0.3) is 0 Å². The second kappa shape index (κ2) is 3.38. The van der Waals surface area contributed by atoms with E-state index in [2.05, 4.69) is 0 Å². The van der Waals surface area contributed by atoms with Gasteiger partial charge < -0.3 is 10.2 Å². The minimum absolute atomic E-state index is 0.191. The van der Waals surface area contributed by atoms with Crippen LogP contribution in [-0.2, 0) is 6.42 Å². The van der Waals surface area contributed by atoms with Crippen molar-refractivity contribution in [1.82, 2.24) is 0 Å². The summed E-state index contributed by atoms with van der Waals surface area (Å²) in [5, 5.41) is 18.7. The number of aromatic hydroxyl groups is 1. The molecule has 13 heavy (non-hydrogen) atoms. The van der Waals surface area contributed by atoms with E-state index in [0.29, 0.717) is 5.75 Å². The molecule has 1 unspecified atom stereocenters. The van der Waals surface area contributed by atoms with Gasteiger partial charge in [0, 0.05) is 12.5 Å². The van der Waals surface area contributed by atoms with Crippen LogP contribution in [0.15, 0.2) is 18.2 Å². The lowest BCUT2D eigenvalue weighted by Crippen LogP contribution is -2.12. The molecule has 1 aliphatic carbocycles.